The van der Waals surface area contributed by atoms with Crippen LogP contribution in [0.1, 0.15) is 16.1 Å². The topological polar surface area (TPSA) is 87.2 Å². The number of hydrogen-bond acceptors (Lipinski definition) is 4. The van der Waals surface area contributed by atoms with Gasteiger partial charge in [-0.15, -0.1) is 0 Å². The van der Waals surface area contributed by atoms with Crippen molar-refractivity contribution in [1.82, 2.24) is 9.55 Å². The lowest BCUT2D eigenvalue weighted by Gasteiger charge is -2.19. The average molecular weight is 335 g/mol. The first-order valence-electron chi connectivity index (χ1n) is 7.66. The highest BCUT2D eigenvalue weighted by Crippen LogP contribution is 2.31. The highest BCUT2D eigenvalue weighted by molar-refractivity contribution is 6.02. The van der Waals surface area contributed by atoms with E-state index < -0.39 is 5.91 Å². The summed E-state index contributed by atoms with van der Waals surface area (Å²) in [6.45, 7) is 1.80. The molecule has 0 spiro atoms. The summed E-state index contributed by atoms with van der Waals surface area (Å²) in [6.07, 6.45) is 1.64. The molecular formula is C19H17N3O3. The molecule has 0 saturated carbocycles. The van der Waals surface area contributed by atoms with Gasteiger partial charge in [-0.1, -0.05) is 30.3 Å². The molecule has 1 aromatic carbocycles. The van der Waals surface area contributed by atoms with Gasteiger partial charge in [0.05, 0.1) is 24.2 Å². The lowest BCUT2D eigenvalue weighted by atomic mass is 10.0. The number of carbonyl (C=O) groups is 1. The fourth-order valence-corrected chi connectivity index (χ4v) is 2.81. The number of carbonyl (C=O) groups excluding carboxylic acids is 1. The predicted octanol–water partition coefficient (Wildman–Crippen LogP) is 2.32. The molecule has 6 heteroatoms. The monoisotopic (exact) mass is 335 g/mol. The molecule has 0 unspecified atom stereocenters. The summed E-state index contributed by atoms with van der Waals surface area (Å²) in [7, 11) is 1.40. The van der Waals surface area contributed by atoms with E-state index in [0.29, 0.717) is 22.6 Å². The minimum Gasteiger partial charge on any atom is -0.496 e. The van der Waals surface area contributed by atoms with Crippen LogP contribution in [0.15, 0.2) is 59.5 Å². The van der Waals surface area contributed by atoms with Gasteiger partial charge in [0.2, 0.25) is 0 Å². The first-order chi connectivity index (χ1) is 12.0. The Hall–Kier alpha value is -3.41. The zero-order valence-electron chi connectivity index (χ0n) is 13.9. The molecule has 126 valence electrons. The van der Waals surface area contributed by atoms with E-state index in [1.54, 1.807) is 25.3 Å². The smallest absolute Gasteiger partial charge is 0.259 e. The number of ether oxygens (including phenoxy) is 1. The van der Waals surface area contributed by atoms with Crippen LogP contribution in [0.4, 0.5) is 0 Å². The number of nitrogens with two attached hydrogens (primary N) is 1. The Bertz CT molecular complexity index is 995. The normalized spacial score (nSPS) is 10.5. The Labute approximate surface area is 144 Å². The molecule has 1 amide bonds. The summed E-state index contributed by atoms with van der Waals surface area (Å²) in [5.74, 6) is -0.528. The van der Waals surface area contributed by atoms with Gasteiger partial charge in [-0.05, 0) is 24.6 Å². The van der Waals surface area contributed by atoms with E-state index in [1.807, 2.05) is 30.3 Å². The van der Waals surface area contributed by atoms with Crippen LogP contribution in [0.2, 0.25) is 0 Å². The van der Waals surface area contributed by atoms with E-state index >= 15 is 0 Å². The molecule has 0 aliphatic heterocycles. The van der Waals surface area contributed by atoms with Crippen molar-refractivity contribution in [3.8, 4) is 22.7 Å². The van der Waals surface area contributed by atoms with Crippen molar-refractivity contribution in [2.45, 2.75) is 6.92 Å². The molecular weight excluding hydrogens is 318 g/mol. The van der Waals surface area contributed by atoms with Gasteiger partial charge in [-0.3, -0.25) is 19.1 Å². The Morgan fingerprint density at radius 3 is 2.48 bits per heavy atom. The summed E-state index contributed by atoms with van der Waals surface area (Å²) in [5, 5.41) is 0. The largest absolute Gasteiger partial charge is 0.496 e. The molecule has 0 radical (unpaired) electrons. The van der Waals surface area contributed by atoms with Gasteiger partial charge < -0.3 is 10.5 Å². The summed E-state index contributed by atoms with van der Waals surface area (Å²) in [4.78, 5) is 29.2. The van der Waals surface area contributed by atoms with Gasteiger partial charge in [-0.25, -0.2) is 0 Å². The lowest BCUT2D eigenvalue weighted by molar-refractivity contribution is 0.0997. The molecule has 6 nitrogen and oxygen atoms in total. The number of methoxy groups -OCH3 is 1. The van der Waals surface area contributed by atoms with Crippen molar-refractivity contribution < 1.29 is 9.53 Å². The van der Waals surface area contributed by atoms with Crippen molar-refractivity contribution in [2.75, 3.05) is 7.11 Å². The Kier molecular flexibility index (Phi) is 4.35. The second-order valence-corrected chi connectivity index (χ2v) is 5.45. The second kappa shape index (κ2) is 6.60. The first-order valence-corrected chi connectivity index (χ1v) is 7.66. The van der Waals surface area contributed by atoms with Gasteiger partial charge in [0.25, 0.3) is 11.5 Å². The van der Waals surface area contributed by atoms with Gasteiger partial charge in [0.1, 0.15) is 11.3 Å². The molecule has 0 saturated heterocycles. The average Bonchev–Trinajstić information content (AvgIpc) is 2.62. The van der Waals surface area contributed by atoms with Crippen molar-refractivity contribution in [3.63, 3.8) is 0 Å². The maximum Gasteiger partial charge on any atom is 0.259 e. The number of amides is 1. The molecule has 3 rings (SSSR count). The van der Waals surface area contributed by atoms with Crippen molar-refractivity contribution in [3.05, 3.63) is 76.3 Å². The molecule has 3 aromatic rings. The number of rotatable bonds is 4. The van der Waals surface area contributed by atoms with Crippen molar-refractivity contribution >= 4 is 5.91 Å². The summed E-state index contributed by atoms with van der Waals surface area (Å²) >= 11 is 0. The maximum absolute atomic E-state index is 12.8. The summed E-state index contributed by atoms with van der Waals surface area (Å²) in [6, 6.07) is 13.9. The van der Waals surface area contributed by atoms with E-state index in [1.165, 1.54) is 17.7 Å². The van der Waals surface area contributed by atoms with Crippen molar-refractivity contribution in [1.29, 1.82) is 0 Å². The molecule has 2 heterocycles. The molecule has 0 aliphatic rings. The minimum atomic E-state index is -0.675. The predicted molar refractivity (Wildman–Crippen MR) is 95.1 cm³/mol. The van der Waals surface area contributed by atoms with E-state index in [4.69, 9.17) is 10.5 Å². The van der Waals surface area contributed by atoms with Crippen LogP contribution in [0.25, 0.3) is 16.9 Å². The molecule has 0 bridgehead atoms. The van der Waals surface area contributed by atoms with Crippen LogP contribution in [0.5, 0.6) is 5.75 Å². The zero-order chi connectivity index (χ0) is 18.0. The van der Waals surface area contributed by atoms with Crippen LogP contribution in [0, 0.1) is 6.92 Å². The molecule has 2 aromatic heterocycles. The molecule has 0 fully saturated rings. The third-order valence-corrected chi connectivity index (χ3v) is 3.92. The van der Waals surface area contributed by atoms with E-state index in [-0.39, 0.29) is 16.9 Å². The highest BCUT2D eigenvalue weighted by atomic mass is 16.5. The van der Waals surface area contributed by atoms with E-state index in [9.17, 15) is 9.59 Å². The number of hydrogen-bond donors (Lipinski definition) is 1. The van der Waals surface area contributed by atoms with Gasteiger partial charge in [0.15, 0.2) is 0 Å². The quantitative estimate of drug-likeness (QED) is 0.792. The van der Waals surface area contributed by atoms with Crippen LogP contribution in [-0.2, 0) is 0 Å². The number of nitrogens with zero attached hydrogens (tertiary/aromatic N) is 2. The fourth-order valence-electron chi connectivity index (χ4n) is 2.81. The second-order valence-electron chi connectivity index (χ2n) is 5.45. The Morgan fingerprint density at radius 2 is 1.88 bits per heavy atom. The Balaban J connectivity index is 2.51. The van der Waals surface area contributed by atoms with E-state index in [2.05, 4.69) is 4.98 Å². The minimum absolute atomic E-state index is 0.147. The van der Waals surface area contributed by atoms with Crippen LogP contribution >= 0.6 is 0 Å². The first kappa shape index (κ1) is 16.4. The third-order valence-electron chi connectivity index (χ3n) is 3.92. The summed E-state index contributed by atoms with van der Waals surface area (Å²) < 4.78 is 6.69. The molecule has 25 heavy (non-hydrogen) atoms. The Morgan fingerprint density at radius 1 is 1.16 bits per heavy atom. The number of aromatic nitrogens is 2. The highest BCUT2D eigenvalue weighted by Gasteiger charge is 2.23. The molecule has 0 aliphatic carbocycles. The SMILES string of the molecule is COc1cc(=O)n(-c2cccnc2C)c(-c2ccccc2)c1C(N)=O. The number of aryl methyl sites for hydroxylation is 1. The van der Waals surface area contributed by atoms with Crippen LogP contribution in [-0.4, -0.2) is 22.6 Å². The van der Waals surface area contributed by atoms with Crippen LogP contribution in [0.3, 0.4) is 0 Å². The van der Waals surface area contributed by atoms with Crippen LogP contribution < -0.4 is 16.0 Å². The van der Waals surface area contributed by atoms with Gasteiger partial charge >= 0.3 is 0 Å². The van der Waals surface area contributed by atoms with E-state index in [0.717, 1.165) is 0 Å². The lowest BCUT2D eigenvalue weighted by Crippen LogP contribution is -2.26. The van der Waals surface area contributed by atoms with Gasteiger partial charge in [0, 0.05) is 12.3 Å². The zero-order valence-corrected chi connectivity index (χ0v) is 13.9. The number of primary amides is 1. The summed E-state index contributed by atoms with van der Waals surface area (Å²) in [5.41, 5.74) is 7.72. The fraction of sp³-hybridized carbons (Fsp3) is 0.105. The molecule has 2 N–H and O–H groups in total. The maximum atomic E-state index is 12.8. The van der Waals surface area contributed by atoms with Crippen molar-refractivity contribution in [2.24, 2.45) is 5.73 Å². The van der Waals surface area contributed by atoms with Gasteiger partial charge in [-0.2, -0.15) is 0 Å². The number of pyridine rings is 2. The third kappa shape index (κ3) is 2.89. The number of benzene rings is 1. The molecule has 0 atom stereocenters. The standard InChI is InChI=1S/C19H17N3O3/c1-12-14(9-6-10-21-12)22-16(23)11-15(25-2)17(19(20)24)18(22)13-7-4-3-5-8-13/h3-11H,1-2H3,(H2,20,24).